The Bertz CT molecular complexity index is 491. The molecule has 2 aromatic rings. The highest BCUT2D eigenvalue weighted by Crippen LogP contribution is 2.27. The highest BCUT2D eigenvalue weighted by atomic mass is 15.3. The Hall–Kier alpha value is -1.68. The third-order valence-corrected chi connectivity index (χ3v) is 3.46. The van der Waals surface area contributed by atoms with Gasteiger partial charge in [-0.3, -0.25) is 4.57 Å². The molecule has 1 aliphatic rings. The van der Waals surface area contributed by atoms with Crippen LogP contribution in [0.1, 0.15) is 18.7 Å². The van der Waals surface area contributed by atoms with E-state index in [0.29, 0.717) is 11.8 Å². The highest BCUT2D eigenvalue weighted by molar-refractivity contribution is 5.33. The molecule has 0 radical (unpaired) electrons. The molecule has 17 heavy (non-hydrogen) atoms. The molecule has 1 aliphatic heterocycles. The summed E-state index contributed by atoms with van der Waals surface area (Å²) < 4.78 is 2.09. The molecule has 0 aliphatic carbocycles. The first-order chi connectivity index (χ1) is 8.36. The molecule has 2 unspecified atom stereocenters. The first-order valence-electron chi connectivity index (χ1n) is 6.02. The van der Waals surface area contributed by atoms with Crippen LogP contribution in [0.2, 0.25) is 0 Å². The van der Waals surface area contributed by atoms with Gasteiger partial charge < -0.3 is 5.32 Å². The highest BCUT2D eigenvalue weighted by Gasteiger charge is 2.28. The summed E-state index contributed by atoms with van der Waals surface area (Å²) in [5, 5.41) is 11.8. The van der Waals surface area contributed by atoms with Gasteiger partial charge in [-0.05, 0) is 24.6 Å². The fraction of sp³-hybridized carbons (Fsp3) is 0.385. The number of aromatic nitrogens is 3. The molecule has 0 bridgehead atoms. The van der Waals surface area contributed by atoms with Crippen molar-refractivity contribution in [2.75, 3.05) is 13.1 Å². The van der Waals surface area contributed by atoms with E-state index in [1.807, 2.05) is 18.2 Å². The number of benzene rings is 1. The molecule has 1 aromatic carbocycles. The minimum absolute atomic E-state index is 0.456. The quantitative estimate of drug-likeness (QED) is 0.848. The number of hydrogen-bond donors (Lipinski definition) is 1. The fourth-order valence-corrected chi connectivity index (χ4v) is 2.44. The molecule has 1 saturated heterocycles. The Morgan fingerprint density at radius 2 is 2.06 bits per heavy atom. The lowest BCUT2D eigenvalue weighted by Gasteiger charge is -2.14. The normalized spacial score (nSPS) is 24.1. The van der Waals surface area contributed by atoms with Crippen molar-refractivity contribution in [3.8, 4) is 5.69 Å². The van der Waals surface area contributed by atoms with Crippen molar-refractivity contribution in [1.82, 2.24) is 20.1 Å². The monoisotopic (exact) mass is 228 g/mol. The molecule has 4 heteroatoms. The summed E-state index contributed by atoms with van der Waals surface area (Å²) >= 11 is 0. The van der Waals surface area contributed by atoms with Gasteiger partial charge in [-0.2, -0.15) is 0 Å². The van der Waals surface area contributed by atoms with Crippen LogP contribution < -0.4 is 5.32 Å². The first-order valence-corrected chi connectivity index (χ1v) is 6.02. The van der Waals surface area contributed by atoms with E-state index in [9.17, 15) is 0 Å². The van der Waals surface area contributed by atoms with Gasteiger partial charge in [0.15, 0.2) is 0 Å². The van der Waals surface area contributed by atoms with Crippen LogP contribution in [0, 0.1) is 5.92 Å². The summed E-state index contributed by atoms with van der Waals surface area (Å²) in [5.41, 5.74) is 1.13. The molecule has 4 nitrogen and oxygen atoms in total. The molecule has 0 amide bonds. The van der Waals surface area contributed by atoms with E-state index in [-0.39, 0.29) is 0 Å². The standard InChI is InChI=1S/C13H16N4/c1-10-7-14-8-12(10)13-16-15-9-17(13)11-5-3-2-4-6-11/h2-6,9-10,12,14H,7-8H2,1H3. The van der Waals surface area contributed by atoms with Gasteiger partial charge in [0.25, 0.3) is 0 Å². The summed E-state index contributed by atoms with van der Waals surface area (Å²) in [6, 6.07) is 10.3. The third kappa shape index (κ3) is 1.85. The summed E-state index contributed by atoms with van der Waals surface area (Å²) in [6.45, 7) is 4.31. The van der Waals surface area contributed by atoms with E-state index in [0.717, 1.165) is 24.6 Å². The minimum atomic E-state index is 0.456. The minimum Gasteiger partial charge on any atom is -0.316 e. The predicted molar refractivity (Wildman–Crippen MR) is 66.1 cm³/mol. The van der Waals surface area contributed by atoms with E-state index in [1.54, 1.807) is 6.33 Å². The Morgan fingerprint density at radius 3 is 2.76 bits per heavy atom. The maximum Gasteiger partial charge on any atom is 0.142 e. The van der Waals surface area contributed by atoms with Gasteiger partial charge in [0.1, 0.15) is 12.2 Å². The molecular weight excluding hydrogens is 212 g/mol. The molecule has 0 spiro atoms. The van der Waals surface area contributed by atoms with Gasteiger partial charge in [-0.15, -0.1) is 10.2 Å². The lowest BCUT2D eigenvalue weighted by atomic mass is 9.97. The number of rotatable bonds is 2. The topological polar surface area (TPSA) is 42.7 Å². The van der Waals surface area contributed by atoms with Crippen molar-refractivity contribution in [3.63, 3.8) is 0 Å². The fourth-order valence-electron chi connectivity index (χ4n) is 2.44. The van der Waals surface area contributed by atoms with Gasteiger partial charge in [0.2, 0.25) is 0 Å². The molecule has 88 valence electrons. The molecule has 0 saturated carbocycles. The van der Waals surface area contributed by atoms with Gasteiger partial charge >= 0.3 is 0 Å². The second-order valence-electron chi connectivity index (χ2n) is 4.64. The van der Waals surface area contributed by atoms with Crippen molar-refractivity contribution in [3.05, 3.63) is 42.5 Å². The Balaban J connectivity index is 2.00. The van der Waals surface area contributed by atoms with Gasteiger partial charge in [-0.25, -0.2) is 0 Å². The van der Waals surface area contributed by atoms with Crippen LogP contribution in [0.5, 0.6) is 0 Å². The SMILES string of the molecule is CC1CNCC1c1nncn1-c1ccccc1. The van der Waals surface area contributed by atoms with Crippen molar-refractivity contribution in [2.24, 2.45) is 5.92 Å². The number of hydrogen-bond acceptors (Lipinski definition) is 3. The Morgan fingerprint density at radius 1 is 1.24 bits per heavy atom. The third-order valence-electron chi connectivity index (χ3n) is 3.46. The number of nitrogens with zero attached hydrogens (tertiary/aromatic N) is 3. The van der Waals surface area contributed by atoms with Crippen LogP contribution in [0.15, 0.2) is 36.7 Å². The van der Waals surface area contributed by atoms with Crippen molar-refractivity contribution in [2.45, 2.75) is 12.8 Å². The second kappa shape index (κ2) is 4.30. The zero-order chi connectivity index (χ0) is 11.7. The summed E-state index contributed by atoms with van der Waals surface area (Å²) in [5.74, 6) is 2.13. The van der Waals surface area contributed by atoms with Crippen molar-refractivity contribution < 1.29 is 0 Å². The molecule has 3 rings (SSSR count). The van der Waals surface area contributed by atoms with Crippen LogP contribution in [-0.2, 0) is 0 Å². The smallest absolute Gasteiger partial charge is 0.142 e. The van der Waals surface area contributed by atoms with E-state index in [2.05, 4.69) is 39.1 Å². The van der Waals surface area contributed by atoms with Crippen LogP contribution in [-0.4, -0.2) is 27.9 Å². The predicted octanol–water partition coefficient (Wildman–Crippen LogP) is 1.59. The average molecular weight is 228 g/mol. The summed E-state index contributed by atoms with van der Waals surface area (Å²) in [6.07, 6.45) is 1.80. The number of nitrogens with one attached hydrogen (secondary N) is 1. The largest absolute Gasteiger partial charge is 0.316 e. The van der Waals surface area contributed by atoms with Crippen LogP contribution in [0.25, 0.3) is 5.69 Å². The molecule has 2 heterocycles. The summed E-state index contributed by atoms with van der Waals surface area (Å²) in [7, 11) is 0. The van der Waals surface area contributed by atoms with Gasteiger partial charge in [0.05, 0.1) is 0 Å². The zero-order valence-electron chi connectivity index (χ0n) is 9.87. The van der Waals surface area contributed by atoms with E-state index >= 15 is 0 Å². The maximum absolute atomic E-state index is 4.30. The second-order valence-corrected chi connectivity index (χ2v) is 4.64. The zero-order valence-corrected chi connectivity index (χ0v) is 9.87. The van der Waals surface area contributed by atoms with Crippen molar-refractivity contribution in [1.29, 1.82) is 0 Å². The van der Waals surface area contributed by atoms with Crippen LogP contribution >= 0.6 is 0 Å². The molecule has 2 atom stereocenters. The van der Waals surface area contributed by atoms with Crippen LogP contribution in [0.4, 0.5) is 0 Å². The van der Waals surface area contributed by atoms with Crippen LogP contribution in [0.3, 0.4) is 0 Å². The molecule has 1 N–H and O–H groups in total. The van der Waals surface area contributed by atoms with Gasteiger partial charge in [-0.1, -0.05) is 25.1 Å². The van der Waals surface area contributed by atoms with E-state index < -0.39 is 0 Å². The Kier molecular flexibility index (Phi) is 2.65. The lowest BCUT2D eigenvalue weighted by molar-refractivity contribution is 0.538. The number of para-hydroxylation sites is 1. The summed E-state index contributed by atoms with van der Waals surface area (Å²) in [4.78, 5) is 0. The maximum atomic E-state index is 4.30. The van der Waals surface area contributed by atoms with E-state index in [1.165, 1.54) is 0 Å². The lowest BCUT2D eigenvalue weighted by Crippen LogP contribution is -2.13. The van der Waals surface area contributed by atoms with Crippen molar-refractivity contribution >= 4 is 0 Å². The first kappa shape index (κ1) is 10.5. The average Bonchev–Trinajstić information content (AvgIpc) is 2.98. The molecule has 1 fully saturated rings. The Labute approximate surface area is 101 Å². The van der Waals surface area contributed by atoms with Gasteiger partial charge in [0, 0.05) is 18.2 Å². The molecule has 1 aromatic heterocycles. The molecular formula is C13H16N4. The van der Waals surface area contributed by atoms with E-state index in [4.69, 9.17) is 0 Å².